The zero-order chi connectivity index (χ0) is 18.4. The molecule has 5 rings (SSSR count). The quantitative estimate of drug-likeness (QED) is 0.451. The molecule has 0 radical (unpaired) electrons. The third-order valence-corrected chi connectivity index (χ3v) is 4.85. The van der Waals surface area contributed by atoms with Gasteiger partial charge >= 0.3 is 0 Å². The standard InChI is InChI=1S/C21H15FN4O/c22-17-4-2-1-3-13(17)10-23-21(27)12-6-8-18-16(9-12)15-7-5-14-11-24-26-19(14)20(15)25-18/h1-9,11,25H,10H2,(H,23,27)(H,24,26). The smallest absolute Gasteiger partial charge is 0.251 e. The zero-order valence-electron chi connectivity index (χ0n) is 14.2. The van der Waals surface area contributed by atoms with Crippen molar-refractivity contribution in [2.75, 3.05) is 0 Å². The molecule has 5 aromatic rings. The van der Waals surface area contributed by atoms with Crippen molar-refractivity contribution in [2.24, 2.45) is 0 Å². The van der Waals surface area contributed by atoms with Crippen LogP contribution in [0.25, 0.3) is 32.7 Å². The van der Waals surface area contributed by atoms with Crippen LogP contribution in [0.1, 0.15) is 15.9 Å². The van der Waals surface area contributed by atoms with E-state index in [4.69, 9.17) is 0 Å². The van der Waals surface area contributed by atoms with Crippen LogP contribution in [0.4, 0.5) is 4.39 Å². The van der Waals surface area contributed by atoms with E-state index in [9.17, 15) is 9.18 Å². The van der Waals surface area contributed by atoms with Gasteiger partial charge in [-0.3, -0.25) is 9.89 Å². The lowest BCUT2D eigenvalue weighted by Gasteiger charge is -2.06. The van der Waals surface area contributed by atoms with Crippen LogP contribution in [0.5, 0.6) is 0 Å². The van der Waals surface area contributed by atoms with Crippen LogP contribution in [0, 0.1) is 5.82 Å². The fourth-order valence-corrected chi connectivity index (χ4v) is 3.44. The Hall–Kier alpha value is -3.67. The lowest BCUT2D eigenvalue weighted by molar-refractivity contribution is 0.0950. The Bertz CT molecular complexity index is 1320. The maximum atomic E-state index is 13.7. The van der Waals surface area contributed by atoms with Crippen molar-refractivity contribution in [2.45, 2.75) is 6.54 Å². The summed E-state index contributed by atoms with van der Waals surface area (Å²) in [5, 5.41) is 12.9. The van der Waals surface area contributed by atoms with E-state index in [0.29, 0.717) is 11.1 Å². The van der Waals surface area contributed by atoms with Crippen LogP contribution in [0.15, 0.2) is 60.8 Å². The molecule has 0 atom stereocenters. The normalized spacial score (nSPS) is 11.4. The third-order valence-electron chi connectivity index (χ3n) is 4.85. The number of hydrogen-bond acceptors (Lipinski definition) is 2. The first-order valence-corrected chi connectivity index (χ1v) is 8.60. The molecule has 0 bridgehead atoms. The molecule has 3 N–H and O–H groups in total. The van der Waals surface area contributed by atoms with Crippen molar-refractivity contribution in [1.82, 2.24) is 20.5 Å². The fourth-order valence-electron chi connectivity index (χ4n) is 3.44. The highest BCUT2D eigenvalue weighted by atomic mass is 19.1. The Kier molecular flexibility index (Phi) is 3.43. The molecule has 0 aliphatic rings. The van der Waals surface area contributed by atoms with Gasteiger partial charge in [-0.25, -0.2) is 4.39 Å². The van der Waals surface area contributed by atoms with Crippen molar-refractivity contribution in [3.05, 3.63) is 77.7 Å². The molecule has 0 saturated heterocycles. The average molecular weight is 358 g/mol. The Morgan fingerprint density at radius 1 is 1.04 bits per heavy atom. The first kappa shape index (κ1) is 15.6. The lowest BCUT2D eigenvalue weighted by Crippen LogP contribution is -2.23. The molecular weight excluding hydrogens is 343 g/mol. The van der Waals surface area contributed by atoms with Gasteiger partial charge in [-0.15, -0.1) is 0 Å². The van der Waals surface area contributed by atoms with Gasteiger partial charge in [0, 0.05) is 39.3 Å². The van der Waals surface area contributed by atoms with E-state index in [2.05, 4.69) is 20.5 Å². The molecule has 0 aliphatic heterocycles. The molecule has 6 heteroatoms. The number of carbonyl (C=O) groups is 1. The molecule has 3 aromatic carbocycles. The predicted octanol–water partition coefficient (Wildman–Crippen LogP) is 4.27. The number of hydrogen-bond donors (Lipinski definition) is 3. The van der Waals surface area contributed by atoms with E-state index in [1.165, 1.54) is 6.07 Å². The van der Waals surface area contributed by atoms with Crippen molar-refractivity contribution in [1.29, 1.82) is 0 Å². The summed E-state index contributed by atoms with van der Waals surface area (Å²) in [6.45, 7) is 0.145. The number of carbonyl (C=O) groups excluding carboxylic acids is 1. The number of nitrogens with one attached hydrogen (secondary N) is 3. The average Bonchev–Trinajstić information content (AvgIpc) is 3.30. The molecule has 0 unspecified atom stereocenters. The number of amides is 1. The van der Waals surface area contributed by atoms with E-state index in [-0.39, 0.29) is 18.3 Å². The van der Waals surface area contributed by atoms with Gasteiger partial charge in [-0.1, -0.05) is 30.3 Å². The molecule has 1 amide bonds. The predicted molar refractivity (Wildman–Crippen MR) is 103 cm³/mol. The number of aromatic amines is 2. The number of rotatable bonds is 3. The number of fused-ring (bicyclic) bond motifs is 5. The van der Waals surface area contributed by atoms with Crippen LogP contribution in [-0.2, 0) is 6.54 Å². The number of halogens is 1. The topological polar surface area (TPSA) is 73.6 Å². The molecular formula is C21H15FN4O. The molecule has 132 valence electrons. The van der Waals surface area contributed by atoms with Gasteiger partial charge in [-0.2, -0.15) is 5.10 Å². The van der Waals surface area contributed by atoms with Crippen molar-refractivity contribution >= 4 is 38.6 Å². The monoisotopic (exact) mass is 358 g/mol. The second-order valence-electron chi connectivity index (χ2n) is 6.48. The molecule has 0 spiro atoms. The maximum absolute atomic E-state index is 13.7. The SMILES string of the molecule is O=C(NCc1ccccc1F)c1ccc2[nH]c3c(ccc4cn[nH]c43)c2c1. The lowest BCUT2D eigenvalue weighted by atomic mass is 10.1. The van der Waals surface area contributed by atoms with Crippen LogP contribution in [0.3, 0.4) is 0 Å². The summed E-state index contributed by atoms with van der Waals surface area (Å²) in [7, 11) is 0. The van der Waals surface area contributed by atoms with Crippen molar-refractivity contribution in [3.8, 4) is 0 Å². The van der Waals surface area contributed by atoms with Crippen LogP contribution < -0.4 is 5.32 Å². The summed E-state index contributed by atoms with van der Waals surface area (Å²) in [4.78, 5) is 15.9. The van der Waals surface area contributed by atoms with E-state index in [0.717, 1.165) is 32.7 Å². The third kappa shape index (κ3) is 2.54. The summed E-state index contributed by atoms with van der Waals surface area (Å²) >= 11 is 0. The summed E-state index contributed by atoms with van der Waals surface area (Å²) in [6, 6.07) is 15.9. The Balaban J connectivity index is 1.51. The highest BCUT2D eigenvalue weighted by molar-refractivity contribution is 6.16. The summed E-state index contributed by atoms with van der Waals surface area (Å²) in [6.07, 6.45) is 1.78. The molecule has 0 saturated carbocycles. The highest BCUT2D eigenvalue weighted by Gasteiger charge is 2.12. The van der Waals surface area contributed by atoms with Gasteiger partial charge in [-0.05, 0) is 24.3 Å². The van der Waals surface area contributed by atoms with Gasteiger partial charge in [0.25, 0.3) is 5.91 Å². The summed E-state index contributed by atoms with van der Waals surface area (Å²) in [5.41, 5.74) is 3.83. The maximum Gasteiger partial charge on any atom is 0.251 e. The van der Waals surface area contributed by atoms with Crippen molar-refractivity contribution in [3.63, 3.8) is 0 Å². The fraction of sp³-hybridized carbons (Fsp3) is 0.0476. The molecule has 27 heavy (non-hydrogen) atoms. The number of benzene rings is 3. The molecule has 0 aliphatic carbocycles. The van der Waals surface area contributed by atoms with Crippen LogP contribution in [-0.4, -0.2) is 21.1 Å². The highest BCUT2D eigenvalue weighted by Crippen LogP contribution is 2.30. The minimum absolute atomic E-state index is 0.145. The van der Waals surface area contributed by atoms with E-state index in [1.54, 1.807) is 30.5 Å². The van der Waals surface area contributed by atoms with Crippen LogP contribution >= 0.6 is 0 Å². The van der Waals surface area contributed by atoms with Gasteiger partial charge in [0.2, 0.25) is 0 Å². The van der Waals surface area contributed by atoms with Gasteiger partial charge in [0.05, 0.1) is 17.2 Å². The second-order valence-corrected chi connectivity index (χ2v) is 6.48. The van der Waals surface area contributed by atoms with Gasteiger partial charge < -0.3 is 10.3 Å². The van der Waals surface area contributed by atoms with Gasteiger partial charge in [0.1, 0.15) is 5.82 Å². The minimum atomic E-state index is -0.326. The van der Waals surface area contributed by atoms with Crippen LogP contribution in [0.2, 0.25) is 0 Å². The first-order valence-electron chi connectivity index (χ1n) is 8.60. The molecule has 2 heterocycles. The largest absolute Gasteiger partial charge is 0.353 e. The van der Waals surface area contributed by atoms with Crippen molar-refractivity contribution < 1.29 is 9.18 Å². The minimum Gasteiger partial charge on any atom is -0.353 e. The molecule has 0 fully saturated rings. The summed E-state index contributed by atoms with van der Waals surface area (Å²) < 4.78 is 13.7. The van der Waals surface area contributed by atoms with E-state index >= 15 is 0 Å². The Labute approximate surface area is 153 Å². The number of H-pyrrole nitrogens is 2. The zero-order valence-corrected chi connectivity index (χ0v) is 14.2. The van der Waals surface area contributed by atoms with E-state index < -0.39 is 0 Å². The Morgan fingerprint density at radius 2 is 1.93 bits per heavy atom. The molecule has 2 aromatic heterocycles. The second kappa shape index (κ2) is 5.95. The Morgan fingerprint density at radius 3 is 2.81 bits per heavy atom. The van der Waals surface area contributed by atoms with Gasteiger partial charge in [0.15, 0.2) is 0 Å². The number of aromatic nitrogens is 3. The molecule has 5 nitrogen and oxygen atoms in total. The van der Waals surface area contributed by atoms with E-state index in [1.807, 2.05) is 24.3 Å². The number of nitrogens with zero attached hydrogens (tertiary/aromatic N) is 1. The summed E-state index contributed by atoms with van der Waals surface area (Å²) in [5.74, 6) is -0.564. The first-order chi connectivity index (χ1) is 13.2.